The third-order valence-corrected chi connectivity index (χ3v) is 20.5. The van der Waals surface area contributed by atoms with Crippen molar-refractivity contribution in [2.45, 2.75) is 50.5 Å². The second-order valence-electron chi connectivity index (χ2n) is 25.6. The summed E-state index contributed by atoms with van der Waals surface area (Å²) in [5.74, 6) is 0.0956. The number of rotatable bonds is 10. The summed E-state index contributed by atoms with van der Waals surface area (Å²) in [6.45, 7) is 0. The van der Waals surface area contributed by atoms with E-state index in [1.807, 2.05) is 0 Å². The Balaban J connectivity index is 0.879. The molecule has 0 radical (unpaired) electrons. The number of fused-ring (bicyclic) bond motifs is 13. The molecule has 436 valence electrons. The molecular weight excluding hydrogens is 1110 g/mol. The van der Waals surface area contributed by atoms with Crippen molar-refractivity contribution in [3.05, 3.63) is 359 Å². The molecule has 0 amide bonds. The van der Waals surface area contributed by atoms with Gasteiger partial charge in [0.05, 0.1) is 6.04 Å². The number of hydrogen-bond donors (Lipinski definition) is 0. The van der Waals surface area contributed by atoms with E-state index in [1.165, 1.54) is 164 Å². The van der Waals surface area contributed by atoms with E-state index in [0.717, 1.165) is 38.5 Å². The maximum absolute atomic E-state index is 2.65. The monoisotopic (exact) mass is 1170 g/mol. The smallest absolute Gasteiger partial charge is 0.0562 e. The molecule has 14 aromatic rings. The molecular formula is C90H66N2. The van der Waals surface area contributed by atoms with Crippen molar-refractivity contribution in [1.82, 2.24) is 0 Å². The van der Waals surface area contributed by atoms with Gasteiger partial charge >= 0.3 is 0 Å². The first-order valence-electron chi connectivity index (χ1n) is 32.9. The predicted octanol–water partition coefficient (Wildman–Crippen LogP) is 22.1. The molecule has 2 atom stereocenters. The highest BCUT2D eigenvalue weighted by molar-refractivity contribution is 6.16. The van der Waals surface area contributed by atoms with Crippen LogP contribution in [-0.2, 0) is 6.42 Å². The van der Waals surface area contributed by atoms with E-state index < -0.39 is 0 Å². The number of allylic oxidation sites excluding steroid dienone is 8. The lowest BCUT2D eigenvalue weighted by Gasteiger charge is -2.38. The third kappa shape index (κ3) is 9.31. The molecule has 0 heterocycles. The van der Waals surface area contributed by atoms with Crippen molar-refractivity contribution in [3.63, 3.8) is 0 Å². The average Bonchev–Trinajstić information content (AvgIpc) is 0.712. The van der Waals surface area contributed by atoms with Crippen molar-refractivity contribution in [2.75, 3.05) is 9.80 Å². The summed E-state index contributed by atoms with van der Waals surface area (Å²) in [4.78, 5) is 5.18. The van der Waals surface area contributed by atoms with Crippen LogP contribution >= 0.6 is 0 Å². The van der Waals surface area contributed by atoms with Crippen molar-refractivity contribution in [3.8, 4) is 11.1 Å². The molecule has 18 rings (SSSR count). The van der Waals surface area contributed by atoms with Crippen molar-refractivity contribution in [2.24, 2.45) is 0 Å². The number of benzene rings is 14. The van der Waals surface area contributed by atoms with Crippen LogP contribution in [-0.4, -0.2) is 6.04 Å². The van der Waals surface area contributed by atoms with Crippen LogP contribution in [0.5, 0.6) is 0 Å². The lowest BCUT2D eigenvalue weighted by molar-refractivity contribution is 0.705. The Kier molecular flexibility index (Phi) is 13.2. The molecule has 0 bridgehead atoms. The van der Waals surface area contributed by atoms with Crippen molar-refractivity contribution < 1.29 is 0 Å². The van der Waals surface area contributed by atoms with E-state index in [1.54, 1.807) is 0 Å². The topological polar surface area (TPSA) is 6.48 Å². The summed E-state index contributed by atoms with van der Waals surface area (Å²) >= 11 is 0. The summed E-state index contributed by atoms with van der Waals surface area (Å²) in [6.07, 6.45) is 20.2. The molecule has 2 heteroatoms. The lowest BCUT2D eigenvalue weighted by Crippen LogP contribution is -2.38. The SMILES string of the molecule is C1=CC(N(C2=CC=C(C3=c4c(c5ccc(-c6cc7ccccc7c7ccccc67)cc5c5ccccc45)=C(C4=CC=C(N(c5ccc6ccccc6c5)c5ccc6ccccc6c5)CC4)C(c4ccccc4)C3)CC2)c2ccc3ccccc3c2)Cc2ccccc21. The van der Waals surface area contributed by atoms with E-state index in [-0.39, 0.29) is 12.0 Å². The Bertz CT molecular complexity index is 5600. The molecule has 0 fully saturated rings. The molecule has 92 heavy (non-hydrogen) atoms. The molecule has 0 aliphatic heterocycles. The second kappa shape index (κ2) is 22.5. The minimum absolute atomic E-state index is 0.0956. The highest BCUT2D eigenvalue weighted by Crippen LogP contribution is 2.47. The van der Waals surface area contributed by atoms with E-state index in [4.69, 9.17) is 0 Å². The summed E-state index contributed by atoms with van der Waals surface area (Å²) in [5, 5.41) is 20.6. The summed E-state index contributed by atoms with van der Waals surface area (Å²) < 4.78 is 0. The standard InChI is InChI=1S/C90H66N2/c1-2-22-63(23-3-1)85-58-86(64-38-43-72(44-39-64)91(74-47-34-59-18-4-8-24-66(59)52-74)75-48-35-60-19-5-9-25-67(60)53-75)89-82-33-17-16-32-81(82)87-57-71(84-56-70-28-12-13-29-78(70)79-30-14-15-31-80(79)84)42-51-83(87)90(89)88(85)65-40-45-73(46-41-65)92(76-49-36-61-20-6-10-26-68(61)54-76)77-50-37-62-21-7-11-27-69(62)55-77/h1-38,40,42-43,45,47-52,54-57,75,85H,39,41,44,46,53,58H2. The largest absolute Gasteiger partial charge is 0.338 e. The number of nitrogens with zero attached hydrogens (tertiary/aromatic N) is 2. The Morgan fingerprint density at radius 3 is 1.53 bits per heavy atom. The normalized spacial score (nSPS) is 16.4. The van der Waals surface area contributed by atoms with Gasteiger partial charge in [0.15, 0.2) is 0 Å². The quantitative estimate of drug-likeness (QED) is 0.126. The van der Waals surface area contributed by atoms with Gasteiger partial charge in [0.2, 0.25) is 0 Å². The van der Waals surface area contributed by atoms with Gasteiger partial charge < -0.3 is 9.80 Å². The van der Waals surface area contributed by atoms with Crippen LogP contribution in [0.4, 0.5) is 17.1 Å². The fourth-order valence-corrected chi connectivity index (χ4v) is 16.2. The molecule has 4 aliphatic carbocycles. The summed E-state index contributed by atoms with van der Waals surface area (Å²) in [7, 11) is 0. The van der Waals surface area contributed by atoms with E-state index in [0.29, 0.717) is 0 Å². The molecule has 2 nitrogen and oxygen atoms in total. The van der Waals surface area contributed by atoms with Gasteiger partial charge in [-0.3, -0.25) is 0 Å². The summed E-state index contributed by atoms with van der Waals surface area (Å²) in [6, 6.07) is 105. The fourth-order valence-electron chi connectivity index (χ4n) is 16.2. The van der Waals surface area contributed by atoms with Crippen molar-refractivity contribution in [1.29, 1.82) is 0 Å². The van der Waals surface area contributed by atoms with Crippen LogP contribution in [0.1, 0.15) is 54.7 Å². The molecule has 2 unspecified atom stereocenters. The van der Waals surface area contributed by atoms with Crippen LogP contribution in [0.2, 0.25) is 0 Å². The van der Waals surface area contributed by atoms with Crippen LogP contribution in [0.25, 0.3) is 104 Å². The van der Waals surface area contributed by atoms with Gasteiger partial charge in [0.1, 0.15) is 0 Å². The van der Waals surface area contributed by atoms with Crippen molar-refractivity contribution >= 4 is 110 Å². The van der Waals surface area contributed by atoms with Crippen LogP contribution < -0.4 is 20.2 Å². The molecule has 4 aliphatic rings. The van der Waals surface area contributed by atoms with Crippen LogP contribution in [0.3, 0.4) is 0 Å². The molecule has 0 saturated heterocycles. The molecule has 14 aromatic carbocycles. The lowest BCUT2D eigenvalue weighted by atomic mass is 9.72. The summed E-state index contributed by atoms with van der Waals surface area (Å²) in [5.41, 5.74) is 18.6. The van der Waals surface area contributed by atoms with Gasteiger partial charge in [-0.15, -0.1) is 0 Å². The maximum atomic E-state index is 2.65. The van der Waals surface area contributed by atoms with Gasteiger partial charge in [-0.1, -0.05) is 255 Å². The minimum atomic E-state index is 0.0956. The first kappa shape index (κ1) is 53.9. The average molecular weight is 1180 g/mol. The molecule has 0 aromatic heterocycles. The zero-order valence-corrected chi connectivity index (χ0v) is 51.3. The molecule has 0 N–H and O–H groups in total. The molecule has 0 spiro atoms. The zero-order chi connectivity index (χ0) is 60.6. The third-order valence-electron chi connectivity index (χ3n) is 20.5. The first-order chi connectivity index (χ1) is 45.6. The Hall–Kier alpha value is -11.1. The van der Waals surface area contributed by atoms with Gasteiger partial charge in [-0.2, -0.15) is 0 Å². The Morgan fingerprint density at radius 1 is 0.326 bits per heavy atom. The van der Waals surface area contributed by atoms with Crippen LogP contribution in [0.15, 0.2) is 332 Å². The molecule has 0 saturated carbocycles. The highest BCUT2D eigenvalue weighted by atomic mass is 15.2. The van der Waals surface area contributed by atoms with Gasteiger partial charge in [-0.25, -0.2) is 0 Å². The number of hydrogen-bond acceptors (Lipinski definition) is 2. The van der Waals surface area contributed by atoms with E-state index in [9.17, 15) is 0 Å². The first-order valence-corrected chi connectivity index (χ1v) is 32.9. The van der Waals surface area contributed by atoms with E-state index in [2.05, 4.69) is 325 Å². The van der Waals surface area contributed by atoms with Gasteiger partial charge in [0.25, 0.3) is 0 Å². The maximum Gasteiger partial charge on any atom is 0.0562 e. The Morgan fingerprint density at radius 2 is 0.859 bits per heavy atom. The minimum Gasteiger partial charge on any atom is -0.338 e. The van der Waals surface area contributed by atoms with Gasteiger partial charge in [-0.05, 0) is 235 Å². The van der Waals surface area contributed by atoms with E-state index >= 15 is 0 Å². The predicted molar refractivity (Wildman–Crippen MR) is 392 cm³/mol. The second-order valence-corrected chi connectivity index (χ2v) is 25.6. The Labute approximate surface area is 537 Å². The van der Waals surface area contributed by atoms with Gasteiger partial charge in [0, 0.05) is 34.4 Å². The number of anilines is 3. The zero-order valence-electron chi connectivity index (χ0n) is 51.3. The fraction of sp³-hybridized carbons (Fsp3) is 0.0889. The highest BCUT2D eigenvalue weighted by Gasteiger charge is 2.33. The van der Waals surface area contributed by atoms with Crippen LogP contribution in [0, 0.1) is 0 Å².